The molecule has 0 saturated carbocycles. The van der Waals surface area contributed by atoms with Crippen molar-refractivity contribution in [2.24, 2.45) is 0 Å². The van der Waals surface area contributed by atoms with Crippen LogP contribution in [0.25, 0.3) is 0 Å². The van der Waals surface area contributed by atoms with Crippen molar-refractivity contribution in [3.05, 3.63) is 47.4 Å². The van der Waals surface area contributed by atoms with E-state index >= 15 is 0 Å². The summed E-state index contributed by atoms with van der Waals surface area (Å²) < 4.78 is 0. The molecule has 0 spiro atoms. The van der Waals surface area contributed by atoms with Gasteiger partial charge in [-0.25, -0.2) is 9.97 Å². The van der Waals surface area contributed by atoms with Crippen LogP contribution in [0.15, 0.2) is 36.4 Å². The third kappa shape index (κ3) is 3.67. The van der Waals surface area contributed by atoms with Gasteiger partial charge in [0.25, 0.3) is 0 Å². The maximum absolute atomic E-state index is 6.04. The molecule has 0 saturated heterocycles. The molecule has 0 atom stereocenters. The largest absolute Gasteiger partial charge is 0.326 e. The maximum atomic E-state index is 6.04. The van der Waals surface area contributed by atoms with Gasteiger partial charge in [-0.15, -0.1) is 0 Å². The molecule has 0 radical (unpaired) electrons. The molecule has 0 amide bonds. The number of aryl methyl sites for hydroxylation is 1. The zero-order valence-corrected chi connectivity index (χ0v) is 12.1. The molecular weight excluding hydrogens is 258 g/mol. The number of hydrogen-bond donors (Lipinski definition) is 0. The Morgan fingerprint density at radius 3 is 2.53 bits per heavy atom. The quantitative estimate of drug-likeness (QED) is 0.759. The minimum Gasteiger partial charge on any atom is -0.326 e. The van der Waals surface area contributed by atoms with Crippen LogP contribution in [0.1, 0.15) is 25.6 Å². The smallest absolute Gasteiger partial charge is 0.138 e. The molecule has 0 unspecified atom stereocenters. The van der Waals surface area contributed by atoms with Gasteiger partial charge >= 0.3 is 0 Å². The number of nitrogens with zero attached hydrogens (tertiary/aromatic N) is 3. The summed E-state index contributed by atoms with van der Waals surface area (Å²) in [5.41, 5.74) is 1.13. The first-order valence-corrected chi connectivity index (χ1v) is 6.92. The predicted octanol–water partition coefficient (Wildman–Crippen LogP) is 4.38. The van der Waals surface area contributed by atoms with Crippen molar-refractivity contribution in [3.63, 3.8) is 0 Å². The first-order chi connectivity index (χ1) is 9.20. The van der Waals surface area contributed by atoms with Gasteiger partial charge in [0.15, 0.2) is 0 Å². The van der Waals surface area contributed by atoms with Gasteiger partial charge in [0.05, 0.1) is 0 Å². The summed E-state index contributed by atoms with van der Waals surface area (Å²) in [6.07, 6.45) is 2.25. The van der Waals surface area contributed by atoms with E-state index in [0.29, 0.717) is 11.0 Å². The van der Waals surface area contributed by atoms with Crippen LogP contribution in [-0.4, -0.2) is 16.5 Å². The minimum atomic E-state index is 0.486. The molecule has 0 N–H and O–H groups in total. The number of rotatable bonds is 5. The topological polar surface area (TPSA) is 29.0 Å². The number of aromatic nitrogens is 2. The molecule has 0 bridgehead atoms. The Hall–Kier alpha value is -1.61. The minimum absolute atomic E-state index is 0.486. The van der Waals surface area contributed by atoms with E-state index < -0.39 is 0 Å². The van der Waals surface area contributed by atoms with Crippen molar-refractivity contribution < 1.29 is 0 Å². The van der Waals surface area contributed by atoms with Crippen LogP contribution >= 0.6 is 11.6 Å². The second kappa shape index (κ2) is 6.53. The van der Waals surface area contributed by atoms with Crippen molar-refractivity contribution >= 4 is 23.1 Å². The van der Waals surface area contributed by atoms with E-state index in [-0.39, 0.29) is 0 Å². The average Bonchev–Trinajstić information content (AvgIpc) is 2.39. The van der Waals surface area contributed by atoms with Crippen LogP contribution in [0.2, 0.25) is 5.15 Å². The highest BCUT2D eigenvalue weighted by Gasteiger charge is 2.11. The fraction of sp³-hybridized carbons (Fsp3) is 0.333. The van der Waals surface area contributed by atoms with Crippen LogP contribution in [0.4, 0.5) is 11.5 Å². The highest BCUT2D eigenvalue weighted by molar-refractivity contribution is 6.29. The Labute approximate surface area is 119 Å². The molecule has 1 heterocycles. The Morgan fingerprint density at radius 1 is 1.16 bits per heavy atom. The standard InChI is InChI=1S/C15H18ClN3/c1-3-4-10-19(13-8-6-5-7-9-13)15-11-14(16)17-12(2)18-15/h5-9,11H,3-4,10H2,1-2H3. The summed E-state index contributed by atoms with van der Waals surface area (Å²) >= 11 is 6.04. The number of hydrogen-bond acceptors (Lipinski definition) is 3. The van der Waals surface area contributed by atoms with Crippen LogP contribution < -0.4 is 4.90 Å². The molecule has 0 aliphatic rings. The third-order valence-corrected chi connectivity index (χ3v) is 3.07. The summed E-state index contributed by atoms with van der Waals surface area (Å²) in [5, 5.41) is 0.486. The van der Waals surface area contributed by atoms with Gasteiger partial charge in [-0.1, -0.05) is 43.1 Å². The second-order valence-electron chi connectivity index (χ2n) is 4.44. The van der Waals surface area contributed by atoms with Gasteiger partial charge in [-0.3, -0.25) is 0 Å². The van der Waals surface area contributed by atoms with Gasteiger partial charge in [0.2, 0.25) is 0 Å². The van der Waals surface area contributed by atoms with E-state index in [1.165, 1.54) is 0 Å². The highest BCUT2D eigenvalue weighted by Crippen LogP contribution is 2.25. The monoisotopic (exact) mass is 275 g/mol. The Balaban J connectivity index is 2.36. The summed E-state index contributed by atoms with van der Waals surface area (Å²) in [6, 6.07) is 12.1. The molecule has 4 heteroatoms. The Kier molecular flexibility index (Phi) is 4.74. The average molecular weight is 276 g/mol. The normalized spacial score (nSPS) is 10.5. The van der Waals surface area contributed by atoms with Crippen molar-refractivity contribution in [1.29, 1.82) is 0 Å². The number of anilines is 2. The first kappa shape index (κ1) is 13.8. The van der Waals surface area contributed by atoms with E-state index in [1.54, 1.807) is 0 Å². The number of halogens is 1. The number of benzene rings is 1. The zero-order valence-electron chi connectivity index (χ0n) is 11.3. The molecule has 1 aromatic carbocycles. The van der Waals surface area contributed by atoms with Crippen LogP contribution in [0, 0.1) is 6.92 Å². The lowest BCUT2D eigenvalue weighted by molar-refractivity contribution is 0.776. The van der Waals surface area contributed by atoms with Gasteiger partial charge < -0.3 is 4.90 Å². The molecule has 1 aromatic heterocycles. The summed E-state index contributed by atoms with van der Waals surface area (Å²) in [5.74, 6) is 1.55. The van der Waals surface area contributed by atoms with Gasteiger partial charge in [-0.05, 0) is 25.5 Å². The van der Waals surface area contributed by atoms with Gasteiger partial charge in [0, 0.05) is 18.3 Å². The van der Waals surface area contributed by atoms with E-state index in [2.05, 4.69) is 33.9 Å². The Morgan fingerprint density at radius 2 is 1.89 bits per heavy atom. The fourth-order valence-electron chi connectivity index (χ4n) is 1.95. The summed E-state index contributed by atoms with van der Waals surface area (Å²) in [6.45, 7) is 4.97. The molecule has 0 aliphatic heterocycles. The lowest BCUT2D eigenvalue weighted by Gasteiger charge is -2.24. The van der Waals surface area contributed by atoms with Crippen molar-refractivity contribution in [3.8, 4) is 0 Å². The van der Waals surface area contributed by atoms with Crippen LogP contribution in [0.5, 0.6) is 0 Å². The molecule has 100 valence electrons. The SMILES string of the molecule is CCCCN(c1ccccc1)c1cc(Cl)nc(C)n1. The van der Waals surface area contributed by atoms with Crippen molar-refractivity contribution in [2.45, 2.75) is 26.7 Å². The third-order valence-electron chi connectivity index (χ3n) is 2.87. The predicted molar refractivity (Wildman–Crippen MR) is 80.1 cm³/mol. The van der Waals surface area contributed by atoms with E-state index in [0.717, 1.165) is 30.9 Å². The number of para-hydroxylation sites is 1. The summed E-state index contributed by atoms with van der Waals surface area (Å²) in [7, 11) is 0. The maximum Gasteiger partial charge on any atom is 0.138 e. The van der Waals surface area contributed by atoms with Crippen LogP contribution in [0.3, 0.4) is 0 Å². The number of unbranched alkanes of at least 4 members (excludes halogenated alkanes) is 1. The van der Waals surface area contributed by atoms with E-state index in [1.807, 2.05) is 31.2 Å². The van der Waals surface area contributed by atoms with E-state index in [9.17, 15) is 0 Å². The highest BCUT2D eigenvalue weighted by atomic mass is 35.5. The molecular formula is C15H18ClN3. The van der Waals surface area contributed by atoms with Crippen molar-refractivity contribution in [2.75, 3.05) is 11.4 Å². The van der Waals surface area contributed by atoms with Gasteiger partial charge in [-0.2, -0.15) is 0 Å². The Bertz CT molecular complexity index is 508. The lowest BCUT2D eigenvalue weighted by atomic mass is 10.2. The van der Waals surface area contributed by atoms with Crippen molar-refractivity contribution in [1.82, 2.24) is 9.97 Å². The zero-order chi connectivity index (χ0) is 13.7. The second-order valence-corrected chi connectivity index (χ2v) is 4.82. The molecule has 3 nitrogen and oxygen atoms in total. The van der Waals surface area contributed by atoms with Crippen LogP contribution in [-0.2, 0) is 0 Å². The molecule has 19 heavy (non-hydrogen) atoms. The fourth-order valence-corrected chi connectivity index (χ4v) is 2.17. The lowest BCUT2D eigenvalue weighted by Crippen LogP contribution is -2.20. The molecule has 0 aliphatic carbocycles. The molecule has 2 rings (SSSR count). The molecule has 0 fully saturated rings. The van der Waals surface area contributed by atoms with Gasteiger partial charge in [0.1, 0.15) is 16.8 Å². The first-order valence-electron chi connectivity index (χ1n) is 6.54. The molecule has 2 aromatic rings. The van der Waals surface area contributed by atoms with E-state index in [4.69, 9.17) is 11.6 Å². The summed E-state index contributed by atoms with van der Waals surface area (Å²) in [4.78, 5) is 10.8.